The molecule has 0 spiro atoms. The predicted octanol–water partition coefficient (Wildman–Crippen LogP) is 2.26. The highest BCUT2D eigenvalue weighted by atomic mass is 32.1. The molecular formula is C12H13NOS. The zero-order valence-electron chi connectivity index (χ0n) is 8.36. The van der Waals surface area contributed by atoms with Crippen LogP contribution in [0, 0.1) is 0 Å². The summed E-state index contributed by atoms with van der Waals surface area (Å²) >= 11 is 4.14. The van der Waals surface area contributed by atoms with Crippen molar-refractivity contribution in [1.82, 2.24) is 5.32 Å². The summed E-state index contributed by atoms with van der Waals surface area (Å²) in [6, 6.07) is 5.92. The van der Waals surface area contributed by atoms with Gasteiger partial charge in [-0.25, -0.2) is 0 Å². The lowest BCUT2D eigenvalue weighted by atomic mass is 10.1. The number of thiol groups is 1. The number of hydrogen-bond acceptors (Lipinski definition) is 2. The molecule has 0 radical (unpaired) electrons. The first-order chi connectivity index (χ1) is 7.31. The number of fused-ring (bicyclic) bond motifs is 1. The Morgan fingerprint density at radius 1 is 1.47 bits per heavy atom. The fourth-order valence-corrected chi connectivity index (χ4v) is 1.80. The van der Waals surface area contributed by atoms with Gasteiger partial charge in [0.1, 0.15) is 0 Å². The maximum atomic E-state index is 11.3. The Labute approximate surface area is 94.8 Å². The molecule has 1 amide bonds. The molecule has 0 saturated heterocycles. The SMILES string of the molecule is O=C1NCc2cc(C=CCCS)ccc21. The molecule has 0 bridgehead atoms. The summed E-state index contributed by atoms with van der Waals surface area (Å²) in [5.41, 5.74) is 3.04. The Kier molecular flexibility index (Phi) is 3.11. The number of hydrogen-bond donors (Lipinski definition) is 2. The summed E-state index contributed by atoms with van der Waals surface area (Å²) in [5, 5.41) is 2.80. The zero-order chi connectivity index (χ0) is 10.7. The summed E-state index contributed by atoms with van der Waals surface area (Å²) < 4.78 is 0. The highest BCUT2D eigenvalue weighted by molar-refractivity contribution is 7.80. The molecule has 78 valence electrons. The van der Waals surface area contributed by atoms with Crippen LogP contribution in [0.2, 0.25) is 0 Å². The van der Waals surface area contributed by atoms with Crippen LogP contribution in [0.3, 0.4) is 0 Å². The second kappa shape index (κ2) is 4.53. The molecule has 0 saturated carbocycles. The van der Waals surface area contributed by atoms with Gasteiger partial charge >= 0.3 is 0 Å². The van der Waals surface area contributed by atoms with E-state index >= 15 is 0 Å². The van der Waals surface area contributed by atoms with Crippen LogP contribution in [-0.4, -0.2) is 11.7 Å². The minimum absolute atomic E-state index is 0.0379. The van der Waals surface area contributed by atoms with E-state index in [4.69, 9.17) is 0 Å². The summed E-state index contributed by atoms with van der Waals surface area (Å²) in [6.45, 7) is 0.655. The van der Waals surface area contributed by atoms with Crippen LogP contribution in [0.4, 0.5) is 0 Å². The van der Waals surface area contributed by atoms with Crippen LogP contribution in [-0.2, 0) is 6.54 Å². The summed E-state index contributed by atoms with van der Waals surface area (Å²) in [7, 11) is 0. The molecule has 0 aromatic heterocycles. The van der Waals surface area contributed by atoms with Gasteiger partial charge < -0.3 is 5.32 Å². The van der Waals surface area contributed by atoms with E-state index in [2.05, 4.69) is 36.2 Å². The van der Waals surface area contributed by atoms with Crippen LogP contribution in [0.1, 0.15) is 27.9 Å². The Morgan fingerprint density at radius 3 is 3.13 bits per heavy atom. The molecule has 0 aliphatic carbocycles. The molecular weight excluding hydrogens is 206 g/mol. The third-order valence-electron chi connectivity index (χ3n) is 2.42. The number of rotatable bonds is 3. The fraction of sp³-hybridized carbons (Fsp3) is 0.250. The first-order valence-corrected chi connectivity index (χ1v) is 5.63. The van der Waals surface area contributed by atoms with Gasteiger partial charge in [0.15, 0.2) is 0 Å². The van der Waals surface area contributed by atoms with Crippen LogP contribution >= 0.6 is 12.6 Å². The average molecular weight is 219 g/mol. The molecule has 1 aromatic carbocycles. The molecule has 1 N–H and O–H groups in total. The van der Waals surface area contributed by atoms with E-state index < -0.39 is 0 Å². The second-order valence-corrected chi connectivity index (χ2v) is 3.96. The quantitative estimate of drug-likeness (QED) is 0.750. The lowest BCUT2D eigenvalue weighted by Gasteiger charge is -1.97. The number of amides is 1. The van der Waals surface area contributed by atoms with E-state index in [9.17, 15) is 4.79 Å². The highest BCUT2D eigenvalue weighted by Gasteiger charge is 2.17. The van der Waals surface area contributed by atoms with Crippen molar-refractivity contribution in [3.8, 4) is 0 Å². The van der Waals surface area contributed by atoms with Crippen molar-refractivity contribution < 1.29 is 4.79 Å². The Morgan fingerprint density at radius 2 is 2.33 bits per heavy atom. The average Bonchev–Trinajstić information content (AvgIpc) is 2.61. The smallest absolute Gasteiger partial charge is 0.251 e. The third kappa shape index (κ3) is 2.23. The first-order valence-electron chi connectivity index (χ1n) is 5.00. The number of nitrogens with one attached hydrogen (secondary N) is 1. The largest absolute Gasteiger partial charge is 0.348 e. The van der Waals surface area contributed by atoms with E-state index in [0.717, 1.165) is 28.9 Å². The zero-order valence-corrected chi connectivity index (χ0v) is 9.26. The standard InChI is InChI=1S/C12H13NOS/c14-12-11-5-4-9(3-1-2-6-15)7-10(11)8-13-12/h1,3-5,7,15H,2,6,8H2,(H,13,14). The van der Waals surface area contributed by atoms with E-state index in [0.29, 0.717) is 6.54 Å². The number of carbonyl (C=O) groups is 1. The first kappa shape index (κ1) is 10.3. The normalized spacial score (nSPS) is 14.3. The van der Waals surface area contributed by atoms with Gasteiger partial charge in [0.05, 0.1) is 0 Å². The van der Waals surface area contributed by atoms with Gasteiger partial charge in [-0.1, -0.05) is 18.2 Å². The van der Waals surface area contributed by atoms with Crippen LogP contribution in [0.15, 0.2) is 24.3 Å². The number of benzene rings is 1. The molecule has 0 atom stereocenters. The number of allylic oxidation sites excluding steroid dienone is 1. The molecule has 1 heterocycles. The van der Waals surface area contributed by atoms with E-state index in [-0.39, 0.29) is 5.91 Å². The molecule has 15 heavy (non-hydrogen) atoms. The molecule has 1 aromatic rings. The Hall–Kier alpha value is -1.22. The van der Waals surface area contributed by atoms with Gasteiger partial charge in [0, 0.05) is 12.1 Å². The molecule has 1 aliphatic rings. The van der Waals surface area contributed by atoms with Crippen molar-refractivity contribution in [2.75, 3.05) is 5.75 Å². The van der Waals surface area contributed by atoms with Crippen molar-refractivity contribution >= 4 is 24.6 Å². The molecule has 2 rings (SSSR count). The lowest BCUT2D eigenvalue weighted by molar-refractivity contribution is 0.0966. The monoisotopic (exact) mass is 219 g/mol. The van der Waals surface area contributed by atoms with Crippen molar-refractivity contribution in [3.63, 3.8) is 0 Å². The topological polar surface area (TPSA) is 29.1 Å². The predicted molar refractivity (Wildman–Crippen MR) is 65.1 cm³/mol. The molecule has 0 unspecified atom stereocenters. The van der Waals surface area contributed by atoms with Gasteiger partial charge in [-0.05, 0) is 35.4 Å². The molecule has 2 nitrogen and oxygen atoms in total. The van der Waals surface area contributed by atoms with Crippen molar-refractivity contribution in [2.45, 2.75) is 13.0 Å². The van der Waals surface area contributed by atoms with Crippen molar-refractivity contribution in [1.29, 1.82) is 0 Å². The van der Waals surface area contributed by atoms with E-state index in [1.807, 2.05) is 12.1 Å². The van der Waals surface area contributed by atoms with Crippen LogP contribution < -0.4 is 5.32 Å². The molecule has 1 aliphatic heterocycles. The van der Waals surface area contributed by atoms with E-state index in [1.165, 1.54) is 0 Å². The molecule has 3 heteroatoms. The van der Waals surface area contributed by atoms with E-state index in [1.54, 1.807) is 0 Å². The minimum atomic E-state index is 0.0379. The lowest BCUT2D eigenvalue weighted by Crippen LogP contribution is -2.12. The van der Waals surface area contributed by atoms with Gasteiger partial charge in [0.25, 0.3) is 5.91 Å². The Bertz CT molecular complexity index is 412. The van der Waals surface area contributed by atoms with Crippen LogP contribution in [0.5, 0.6) is 0 Å². The molecule has 0 fully saturated rings. The Balaban J connectivity index is 2.19. The number of carbonyl (C=O) groups excluding carboxylic acids is 1. The minimum Gasteiger partial charge on any atom is -0.348 e. The van der Waals surface area contributed by atoms with Crippen molar-refractivity contribution in [3.05, 3.63) is 41.0 Å². The highest BCUT2D eigenvalue weighted by Crippen LogP contribution is 2.17. The van der Waals surface area contributed by atoms with Gasteiger partial charge in [0.2, 0.25) is 0 Å². The van der Waals surface area contributed by atoms with Gasteiger partial charge in [-0.2, -0.15) is 12.6 Å². The summed E-state index contributed by atoms with van der Waals surface area (Å²) in [6.07, 6.45) is 5.13. The van der Waals surface area contributed by atoms with Crippen molar-refractivity contribution in [2.24, 2.45) is 0 Å². The van der Waals surface area contributed by atoms with Crippen LogP contribution in [0.25, 0.3) is 6.08 Å². The maximum Gasteiger partial charge on any atom is 0.251 e. The fourth-order valence-electron chi connectivity index (χ4n) is 1.65. The second-order valence-electron chi connectivity index (χ2n) is 3.51. The van der Waals surface area contributed by atoms with Gasteiger partial charge in [-0.15, -0.1) is 0 Å². The van der Waals surface area contributed by atoms with Gasteiger partial charge in [-0.3, -0.25) is 4.79 Å². The summed E-state index contributed by atoms with van der Waals surface area (Å²) in [5.74, 6) is 0.900. The third-order valence-corrected chi connectivity index (χ3v) is 2.68. The maximum absolute atomic E-state index is 11.3. The summed E-state index contributed by atoms with van der Waals surface area (Å²) in [4.78, 5) is 11.3.